The SMILES string of the molecule is NC1CCOC2(CCCOCC2)C1. The summed E-state index contributed by atoms with van der Waals surface area (Å²) in [4.78, 5) is 0. The third kappa shape index (κ3) is 2.22. The Morgan fingerprint density at radius 1 is 1.15 bits per heavy atom. The van der Waals surface area contributed by atoms with Crippen LogP contribution in [0.4, 0.5) is 0 Å². The highest BCUT2D eigenvalue weighted by Crippen LogP contribution is 2.33. The van der Waals surface area contributed by atoms with Crippen LogP contribution in [0.2, 0.25) is 0 Å². The van der Waals surface area contributed by atoms with E-state index in [2.05, 4.69) is 0 Å². The molecule has 0 aromatic carbocycles. The van der Waals surface area contributed by atoms with Crippen molar-refractivity contribution in [1.82, 2.24) is 0 Å². The maximum Gasteiger partial charge on any atom is 0.0720 e. The predicted molar refractivity (Wildman–Crippen MR) is 50.6 cm³/mol. The maximum absolute atomic E-state index is 5.97. The molecule has 2 aliphatic rings. The largest absolute Gasteiger partial charge is 0.381 e. The van der Waals surface area contributed by atoms with Crippen LogP contribution in [0.5, 0.6) is 0 Å². The second-order valence-corrected chi connectivity index (χ2v) is 4.25. The van der Waals surface area contributed by atoms with Crippen molar-refractivity contribution in [3.8, 4) is 0 Å². The Hall–Kier alpha value is -0.120. The summed E-state index contributed by atoms with van der Waals surface area (Å²) in [5, 5.41) is 0. The monoisotopic (exact) mass is 185 g/mol. The van der Waals surface area contributed by atoms with Gasteiger partial charge in [0.05, 0.1) is 5.60 Å². The molecule has 2 aliphatic heterocycles. The molecule has 0 aromatic heterocycles. The van der Waals surface area contributed by atoms with E-state index < -0.39 is 0 Å². The standard InChI is InChI=1S/C10H19NO2/c11-9-2-6-13-10(8-9)3-1-5-12-7-4-10/h9H,1-8,11H2. The van der Waals surface area contributed by atoms with Gasteiger partial charge in [-0.1, -0.05) is 0 Å². The van der Waals surface area contributed by atoms with Gasteiger partial charge in [0.15, 0.2) is 0 Å². The van der Waals surface area contributed by atoms with E-state index in [9.17, 15) is 0 Å². The highest BCUT2D eigenvalue weighted by Gasteiger charge is 2.36. The first-order valence-corrected chi connectivity index (χ1v) is 5.28. The van der Waals surface area contributed by atoms with Gasteiger partial charge in [-0.3, -0.25) is 0 Å². The van der Waals surface area contributed by atoms with Gasteiger partial charge in [-0.15, -0.1) is 0 Å². The molecule has 3 nitrogen and oxygen atoms in total. The number of hydrogen-bond donors (Lipinski definition) is 1. The fourth-order valence-corrected chi connectivity index (χ4v) is 2.40. The molecule has 0 radical (unpaired) electrons. The Morgan fingerprint density at radius 3 is 2.92 bits per heavy atom. The Morgan fingerprint density at radius 2 is 2.08 bits per heavy atom. The van der Waals surface area contributed by atoms with E-state index in [1.807, 2.05) is 0 Å². The van der Waals surface area contributed by atoms with Crippen molar-refractivity contribution in [2.45, 2.75) is 43.7 Å². The average molecular weight is 185 g/mol. The molecule has 2 saturated heterocycles. The Bertz CT molecular complexity index is 164. The second kappa shape index (κ2) is 3.95. The first-order chi connectivity index (χ1) is 6.31. The Kier molecular flexibility index (Phi) is 2.86. The lowest BCUT2D eigenvalue weighted by atomic mass is 9.85. The zero-order chi connectivity index (χ0) is 9.15. The molecule has 2 heterocycles. The topological polar surface area (TPSA) is 44.5 Å². The lowest BCUT2D eigenvalue weighted by Crippen LogP contribution is -2.45. The molecule has 0 bridgehead atoms. The third-order valence-electron chi connectivity index (χ3n) is 3.15. The summed E-state index contributed by atoms with van der Waals surface area (Å²) < 4.78 is 11.3. The molecular weight excluding hydrogens is 166 g/mol. The van der Waals surface area contributed by atoms with Crippen molar-refractivity contribution in [2.75, 3.05) is 19.8 Å². The highest BCUT2D eigenvalue weighted by molar-refractivity contribution is 4.89. The van der Waals surface area contributed by atoms with Crippen LogP contribution in [0, 0.1) is 0 Å². The molecule has 0 saturated carbocycles. The van der Waals surface area contributed by atoms with E-state index in [-0.39, 0.29) is 5.60 Å². The normalized spacial score (nSPS) is 41.8. The second-order valence-electron chi connectivity index (χ2n) is 4.25. The van der Waals surface area contributed by atoms with Crippen LogP contribution in [-0.4, -0.2) is 31.5 Å². The Labute approximate surface area is 79.6 Å². The van der Waals surface area contributed by atoms with Crippen molar-refractivity contribution in [1.29, 1.82) is 0 Å². The van der Waals surface area contributed by atoms with Gasteiger partial charge in [-0.25, -0.2) is 0 Å². The van der Waals surface area contributed by atoms with Gasteiger partial charge in [0, 0.05) is 25.9 Å². The van der Waals surface area contributed by atoms with Gasteiger partial charge in [0.1, 0.15) is 0 Å². The lowest BCUT2D eigenvalue weighted by molar-refractivity contribution is -0.0944. The molecule has 2 unspecified atom stereocenters. The van der Waals surface area contributed by atoms with Crippen LogP contribution in [0.1, 0.15) is 32.1 Å². The molecule has 13 heavy (non-hydrogen) atoms. The molecule has 2 N–H and O–H groups in total. The van der Waals surface area contributed by atoms with Crippen LogP contribution < -0.4 is 5.73 Å². The van der Waals surface area contributed by atoms with Gasteiger partial charge in [0.2, 0.25) is 0 Å². The summed E-state index contributed by atoms with van der Waals surface area (Å²) >= 11 is 0. The van der Waals surface area contributed by atoms with Gasteiger partial charge in [0.25, 0.3) is 0 Å². The molecule has 3 heteroatoms. The fraction of sp³-hybridized carbons (Fsp3) is 1.00. The van der Waals surface area contributed by atoms with Crippen molar-refractivity contribution >= 4 is 0 Å². The summed E-state index contributed by atoms with van der Waals surface area (Å²) in [5.41, 5.74) is 6.03. The van der Waals surface area contributed by atoms with Crippen molar-refractivity contribution in [2.24, 2.45) is 5.73 Å². The molecule has 0 aromatic rings. The minimum Gasteiger partial charge on any atom is -0.381 e. The molecule has 76 valence electrons. The first kappa shape index (κ1) is 9.44. The van der Waals surface area contributed by atoms with E-state index >= 15 is 0 Å². The van der Waals surface area contributed by atoms with E-state index in [1.165, 1.54) is 0 Å². The average Bonchev–Trinajstić information content (AvgIpc) is 2.31. The van der Waals surface area contributed by atoms with Gasteiger partial charge in [-0.2, -0.15) is 0 Å². The van der Waals surface area contributed by atoms with Gasteiger partial charge < -0.3 is 15.2 Å². The molecular formula is C10H19NO2. The van der Waals surface area contributed by atoms with Crippen molar-refractivity contribution in [3.05, 3.63) is 0 Å². The van der Waals surface area contributed by atoms with Crippen LogP contribution in [-0.2, 0) is 9.47 Å². The quantitative estimate of drug-likeness (QED) is 0.614. The molecule has 0 aliphatic carbocycles. The molecule has 0 amide bonds. The summed E-state index contributed by atoms with van der Waals surface area (Å²) in [6.45, 7) is 2.56. The molecule has 2 atom stereocenters. The number of nitrogens with two attached hydrogens (primary N) is 1. The van der Waals surface area contributed by atoms with Crippen molar-refractivity contribution < 1.29 is 9.47 Å². The third-order valence-corrected chi connectivity index (χ3v) is 3.15. The van der Waals surface area contributed by atoms with Crippen LogP contribution in [0.3, 0.4) is 0 Å². The molecule has 2 fully saturated rings. The lowest BCUT2D eigenvalue weighted by Gasteiger charge is -2.39. The summed E-state index contributed by atoms with van der Waals surface area (Å²) in [6, 6.07) is 0.340. The van der Waals surface area contributed by atoms with Crippen LogP contribution >= 0.6 is 0 Å². The molecule has 2 rings (SSSR count). The van der Waals surface area contributed by atoms with Gasteiger partial charge >= 0.3 is 0 Å². The predicted octanol–water partition coefficient (Wildman–Crippen LogP) is 1.06. The minimum atomic E-state index is 0.0637. The summed E-state index contributed by atoms with van der Waals surface area (Å²) in [7, 11) is 0. The molecule has 1 spiro atoms. The van der Waals surface area contributed by atoms with Crippen molar-refractivity contribution in [3.63, 3.8) is 0 Å². The summed E-state index contributed by atoms with van der Waals surface area (Å²) in [5.74, 6) is 0. The van der Waals surface area contributed by atoms with E-state index in [0.717, 1.165) is 51.9 Å². The van der Waals surface area contributed by atoms with E-state index in [1.54, 1.807) is 0 Å². The van der Waals surface area contributed by atoms with Gasteiger partial charge in [-0.05, 0) is 32.1 Å². The zero-order valence-corrected chi connectivity index (χ0v) is 8.13. The van der Waals surface area contributed by atoms with E-state index in [0.29, 0.717) is 6.04 Å². The Balaban J connectivity index is 1.99. The first-order valence-electron chi connectivity index (χ1n) is 5.28. The number of rotatable bonds is 0. The number of hydrogen-bond acceptors (Lipinski definition) is 3. The highest BCUT2D eigenvalue weighted by atomic mass is 16.5. The number of ether oxygens (including phenoxy) is 2. The fourth-order valence-electron chi connectivity index (χ4n) is 2.40. The minimum absolute atomic E-state index is 0.0637. The van der Waals surface area contributed by atoms with Crippen LogP contribution in [0.15, 0.2) is 0 Å². The smallest absolute Gasteiger partial charge is 0.0720 e. The maximum atomic E-state index is 5.97. The van der Waals surface area contributed by atoms with Crippen LogP contribution in [0.25, 0.3) is 0 Å². The van der Waals surface area contributed by atoms with E-state index in [4.69, 9.17) is 15.2 Å². The zero-order valence-electron chi connectivity index (χ0n) is 8.13. The summed E-state index contributed by atoms with van der Waals surface area (Å²) in [6.07, 6.45) is 5.31.